The number of thiazole rings is 1. The van der Waals surface area contributed by atoms with Crippen LogP contribution >= 0.6 is 11.3 Å². The van der Waals surface area contributed by atoms with Gasteiger partial charge in [-0.3, -0.25) is 19.8 Å². The van der Waals surface area contributed by atoms with Crippen molar-refractivity contribution in [1.29, 1.82) is 0 Å². The van der Waals surface area contributed by atoms with E-state index in [2.05, 4.69) is 27.4 Å². The Morgan fingerprint density at radius 1 is 1.06 bits per heavy atom. The number of carbonyl (C=O) groups is 2. The van der Waals surface area contributed by atoms with E-state index in [9.17, 15) is 14.0 Å². The van der Waals surface area contributed by atoms with Crippen molar-refractivity contribution >= 4 is 34.0 Å². The van der Waals surface area contributed by atoms with Gasteiger partial charge < -0.3 is 5.32 Å². The third kappa shape index (κ3) is 5.77. The molecule has 1 aliphatic heterocycles. The summed E-state index contributed by atoms with van der Waals surface area (Å²) in [5.74, 6) is -0.293. The Morgan fingerprint density at radius 3 is 2.53 bits per heavy atom. The molecule has 2 amide bonds. The number of benzene rings is 2. The summed E-state index contributed by atoms with van der Waals surface area (Å²) in [5.41, 5.74) is 2.18. The standard InChI is InChI=1S/C24H25FN4O2S/c1-16-9-11-29(12-10-16)14-21-15-32-24(27-21)28-23(31)18-3-2-4-20(13-18)26-22(30)17-5-7-19(25)8-6-17/h2-8,13,15-16H,9-12,14H2,1H3,(H,26,30)(H,27,28,31). The number of amides is 2. The minimum atomic E-state index is -0.406. The number of likely N-dealkylation sites (tertiary alicyclic amines) is 1. The molecule has 3 aromatic rings. The molecule has 6 nitrogen and oxygen atoms in total. The fourth-order valence-corrected chi connectivity index (χ4v) is 4.29. The molecule has 2 N–H and O–H groups in total. The van der Waals surface area contributed by atoms with Gasteiger partial charge in [0, 0.05) is 28.7 Å². The van der Waals surface area contributed by atoms with Gasteiger partial charge in [0.05, 0.1) is 5.69 Å². The second-order valence-electron chi connectivity index (χ2n) is 8.10. The van der Waals surface area contributed by atoms with Crippen LogP contribution in [0.25, 0.3) is 0 Å². The fourth-order valence-electron chi connectivity index (χ4n) is 3.60. The molecule has 1 fully saturated rings. The molecule has 0 unspecified atom stereocenters. The minimum absolute atomic E-state index is 0.296. The molecule has 4 rings (SSSR count). The van der Waals surface area contributed by atoms with Crippen LogP contribution in [-0.4, -0.2) is 34.8 Å². The summed E-state index contributed by atoms with van der Waals surface area (Å²) < 4.78 is 13.0. The number of halogens is 1. The van der Waals surface area contributed by atoms with Crippen LogP contribution in [0.3, 0.4) is 0 Å². The number of carbonyl (C=O) groups excluding carboxylic acids is 2. The molecule has 0 aliphatic carbocycles. The first kappa shape index (κ1) is 22.1. The number of nitrogens with one attached hydrogen (secondary N) is 2. The number of piperidine rings is 1. The van der Waals surface area contributed by atoms with Crippen LogP contribution in [0.4, 0.5) is 15.2 Å². The molecule has 0 saturated carbocycles. The quantitative estimate of drug-likeness (QED) is 0.551. The van der Waals surface area contributed by atoms with Crippen LogP contribution in [0.1, 0.15) is 46.2 Å². The van der Waals surface area contributed by atoms with Gasteiger partial charge in [0.15, 0.2) is 5.13 Å². The molecule has 2 aromatic carbocycles. The van der Waals surface area contributed by atoms with Crippen molar-refractivity contribution in [3.63, 3.8) is 0 Å². The van der Waals surface area contributed by atoms with Crippen LogP contribution in [0.5, 0.6) is 0 Å². The SMILES string of the molecule is CC1CCN(Cc2csc(NC(=O)c3cccc(NC(=O)c4ccc(F)cc4)c3)n2)CC1. The lowest BCUT2D eigenvalue weighted by atomic mass is 9.99. The summed E-state index contributed by atoms with van der Waals surface area (Å²) in [6.07, 6.45) is 2.42. The zero-order chi connectivity index (χ0) is 22.5. The van der Waals surface area contributed by atoms with Crippen molar-refractivity contribution in [1.82, 2.24) is 9.88 Å². The van der Waals surface area contributed by atoms with Gasteiger partial charge >= 0.3 is 0 Å². The van der Waals surface area contributed by atoms with Crippen LogP contribution in [0, 0.1) is 11.7 Å². The third-order valence-corrected chi connectivity index (χ3v) is 6.33. The van der Waals surface area contributed by atoms with Gasteiger partial charge in [-0.25, -0.2) is 9.37 Å². The fraction of sp³-hybridized carbons (Fsp3) is 0.292. The highest BCUT2D eigenvalue weighted by Gasteiger charge is 2.17. The van der Waals surface area contributed by atoms with Gasteiger partial charge in [-0.1, -0.05) is 13.0 Å². The minimum Gasteiger partial charge on any atom is -0.322 e. The topological polar surface area (TPSA) is 74.3 Å². The maximum Gasteiger partial charge on any atom is 0.257 e. The molecule has 2 heterocycles. The molecule has 1 saturated heterocycles. The molecule has 0 atom stereocenters. The molecule has 0 spiro atoms. The summed E-state index contributed by atoms with van der Waals surface area (Å²) in [6.45, 7) is 5.24. The average Bonchev–Trinajstić information content (AvgIpc) is 3.22. The van der Waals surface area contributed by atoms with Crippen LogP contribution < -0.4 is 10.6 Å². The average molecular weight is 453 g/mol. The third-order valence-electron chi connectivity index (χ3n) is 5.52. The zero-order valence-corrected chi connectivity index (χ0v) is 18.6. The number of aromatic nitrogens is 1. The van der Waals surface area contributed by atoms with Gasteiger partial charge in [-0.2, -0.15) is 0 Å². The lowest BCUT2D eigenvalue weighted by molar-refractivity contribution is 0.101. The number of hydrogen-bond acceptors (Lipinski definition) is 5. The Labute approximate surface area is 190 Å². The van der Waals surface area contributed by atoms with Gasteiger partial charge in [-0.15, -0.1) is 11.3 Å². The highest BCUT2D eigenvalue weighted by Crippen LogP contribution is 2.22. The van der Waals surface area contributed by atoms with E-state index >= 15 is 0 Å². The van der Waals surface area contributed by atoms with Crippen molar-refractivity contribution in [2.75, 3.05) is 23.7 Å². The lowest BCUT2D eigenvalue weighted by Gasteiger charge is -2.29. The highest BCUT2D eigenvalue weighted by molar-refractivity contribution is 7.14. The van der Waals surface area contributed by atoms with Crippen LogP contribution in [0.2, 0.25) is 0 Å². The predicted molar refractivity (Wildman–Crippen MR) is 125 cm³/mol. The van der Waals surface area contributed by atoms with Crippen molar-refractivity contribution < 1.29 is 14.0 Å². The monoisotopic (exact) mass is 452 g/mol. The molecular formula is C24H25FN4O2S. The molecule has 32 heavy (non-hydrogen) atoms. The maximum absolute atomic E-state index is 13.0. The second kappa shape index (κ2) is 10.0. The van der Waals surface area contributed by atoms with Crippen molar-refractivity contribution in [3.8, 4) is 0 Å². The van der Waals surface area contributed by atoms with Crippen molar-refractivity contribution in [2.45, 2.75) is 26.3 Å². The summed E-state index contributed by atoms with van der Waals surface area (Å²) in [5, 5.41) is 8.10. The Morgan fingerprint density at radius 2 is 1.78 bits per heavy atom. The highest BCUT2D eigenvalue weighted by atomic mass is 32.1. The number of rotatable bonds is 6. The van der Waals surface area contributed by atoms with Crippen molar-refractivity contribution in [3.05, 3.63) is 76.5 Å². The van der Waals surface area contributed by atoms with Crippen LogP contribution in [0.15, 0.2) is 53.9 Å². The molecule has 166 valence electrons. The predicted octanol–water partition coefficient (Wildman–Crippen LogP) is 5.02. The molecule has 0 bridgehead atoms. The Balaban J connectivity index is 1.35. The molecule has 1 aliphatic rings. The molecular weight excluding hydrogens is 427 g/mol. The Hall–Kier alpha value is -3.10. The summed E-state index contributed by atoms with van der Waals surface area (Å²) in [7, 11) is 0. The van der Waals surface area contributed by atoms with Gasteiger partial charge in [0.25, 0.3) is 11.8 Å². The van der Waals surface area contributed by atoms with Crippen molar-refractivity contribution in [2.24, 2.45) is 5.92 Å². The van der Waals surface area contributed by atoms with Crippen LogP contribution in [-0.2, 0) is 6.54 Å². The van der Waals surface area contributed by atoms with E-state index in [4.69, 9.17) is 0 Å². The maximum atomic E-state index is 13.0. The number of anilines is 2. The Kier molecular flexibility index (Phi) is 6.92. The van der Waals surface area contributed by atoms with Gasteiger partial charge in [0.1, 0.15) is 5.82 Å². The lowest BCUT2D eigenvalue weighted by Crippen LogP contribution is -2.32. The van der Waals surface area contributed by atoms with E-state index in [0.29, 0.717) is 21.9 Å². The molecule has 8 heteroatoms. The van der Waals surface area contributed by atoms with E-state index in [0.717, 1.165) is 31.2 Å². The molecule has 1 aromatic heterocycles. The smallest absolute Gasteiger partial charge is 0.257 e. The number of nitrogens with zero attached hydrogens (tertiary/aromatic N) is 2. The van der Waals surface area contributed by atoms with Gasteiger partial charge in [-0.05, 0) is 74.3 Å². The summed E-state index contributed by atoms with van der Waals surface area (Å²) >= 11 is 1.40. The van der Waals surface area contributed by atoms with E-state index < -0.39 is 5.82 Å². The first-order valence-corrected chi connectivity index (χ1v) is 11.5. The first-order chi connectivity index (χ1) is 15.5. The zero-order valence-electron chi connectivity index (χ0n) is 17.8. The van der Waals surface area contributed by atoms with E-state index in [1.54, 1.807) is 24.3 Å². The number of hydrogen-bond donors (Lipinski definition) is 2. The normalized spacial score (nSPS) is 14.8. The second-order valence-corrected chi connectivity index (χ2v) is 8.96. The summed E-state index contributed by atoms with van der Waals surface area (Å²) in [6, 6.07) is 11.9. The molecule has 0 radical (unpaired) electrons. The van der Waals surface area contributed by atoms with E-state index in [1.165, 1.54) is 48.4 Å². The largest absolute Gasteiger partial charge is 0.322 e. The first-order valence-electron chi connectivity index (χ1n) is 10.6. The Bertz CT molecular complexity index is 1090. The summed E-state index contributed by atoms with van der Waals surface area (Å²) in [4.78, 5) is 32.0. The van der Waals surface area contributed by atoms with E-state index in [-0.39, 0.29) is 11.8 Å². The van der Waals surface area contributed by atoms with E-state index in [1.807, 2.05) is 5.38 Å². The van der Waals surface area contributed by atoms with Gasteiger partial charge in [0.2, 0.25) is 0 Å².